The Morgan fingerprint density at radius 1 is 1.21 bits per heavy atom. The van der Waals surface area contributed by atoms with E-state index < -0.39 is 6.10 Å². The molecule has 1 aliphatic heterocycles. The molecule has 24 heavy (non-hydrogen) atoms. The average Bonchev–Trinajstić information content (AvgIpc) is 2.57. The first-order valence-electron chi connectivity index (χ1n) is 7.67. The largest absolute Gasteiger partial charge is 0.479 e. The Kier molecular flexibility index (Phi) is 5.03. The number of hydrogen-bond donors (Lipinski definition) is 1. The molecule has 0 spiro atoms. The minimum atomic E-state index is -0.542. The number of nitrogens with zero attached hydrogens (tertiary/aromatic N) is 1. The number of halogens is 1. The maximum absolute atomic E-state index is 12.4. The quantitative estimate of drug-likeness (QED) is 0.748. The normalized spacial score (nSPS) is 16.3. The second-order valence-electron chi connectivity index (χ2n) is 5.52. The van der Waals surface area contributed by atoms with Crippen molar-refractivity contribution in [2.75, 3.05) is 16.8 Å². The molecule has 0 unspecified atom stereocenters. The fourth-order valence-corrected chi connectivity index (χ4v) is 2.92. The molecule has 0 bridgehead atoms. The van der Waals surface area contributed by atoms with Crippen LogP contribution in [0.5, 0.6) is 5.75 Å². The van der Waals surface area contributed by atoms with Gasteiger partial charge >= 0.3 is 0 Å². The molecule has 1 heterocycles. The van der Waals surface area contributed by atoms with Crippen molar-refractivity contribution in [1.82, 2.24) is 0 Å². The van der Waals surface area contributed by atoms with Crippen LogP contribution in [0.15, 0.2) is 48.5 Å². The maximum Gasteiger partial charge on any atom is 0.267 e. The van der Waals surface area contributed by atoms with E-state index in [0.29, 0.717) is 18.0 Å². The smallest absolute Gasteiger partial charge is 0.267 e. The van der Waals surface area contributed by atoms with E-state index in [1.54, 1.807) is 11.8 Å². The number of nitrogens with one attached hydrogen (secondary N) is 1. The maximum atomic E-state index is 12.4. The number of benzene rings is 2. The minimum absolute atomic E-state index is 0.124. The topological polar surface area (TPSA) is 58.6 Å². The van der Waals surface area contributed by atoms with Crippen LogP contribution in [0.25, 0.3) is 0 Å². The van der Waals surface area contributed by atoms with Gasteiger partial charge in [0.15, 0.2) is 6.10 Å². The van der Waals surface area contributed by atoms with Crippen molar-refractivity contribution >= 4 is 45.8 Å². The molecule has 0 saturated carbocycles. The Bertz CT molecular complexity index is 761. The van der Waals surface area contributed by atoms with Gasteiger partial charge in [-0.3, -0.25) is 9.59 Å². The lowest BCUT2D eigenvalue weighted by molar-refractivity contribution is -0.125. The van der Waals surface area contributed by atoms with Gasteiger partial charge in [0.25, 0.3) is 5.91 Å². The summed E-state index contributed by atoms with van der Waals surface area (Å²) in [5, 5.41) is 2.85. The summed E-state index contributed by atoms with van der Waals surface area (Å²) in [5.41, 5.74) is 1.46. The van der Waals surface area contributed by atoms with Crippen LogP contribution >= 0.6 is 22.6 Å². The van der Waals surface area contributed by atoms with E-state index in [-0.39, 0.29) is 18.2 Å². The van der Waals surface area contributed by atoms with Crippen LogP contribution < -0.4 is 15.0 Å². The summed E-state index contributed by atoms with van der Waals surface area (Å²) in [4.78, 5) is 26.1. The second kappa shape index (κ2) is 7.21. The molecule has 2 amide bonds. The van der Waals surface area contributed by atoms with E-state index in [0.717, 1.165) is 9.26 Å². The Morgan fingerprint density at radius 3 is 2.67 bits per heavy atom. The highest BCUT2D eigenvalue weighted by atomic mass is 127. The van der Waals surface area contributed by atoms with Gasteiger partial charge in [0.2, 0.25) is 5.91 Å². The van der Waals surface area contributed by atoms with E-state index in [1.807, 2.05) is 48.5 Å². The number of amides is 2. The lowest BCUT2D eigenvalue weighted by atomic mass is 10.1. The van der Waals surface area contributed by atoms with Crippen molar-refractivity contribution in [3.63, 3.8) is 0 Å². The van der Waals surface area contributed by atoms with Gasteiger partial charge in [-0.15, -0.1) is 0 Å². The summed E-state index contributed by atoms with van der Waals surface area (Å²) in [7, 11) is 0. The van der Waals surface area contributed by atoms with Crippen molar-refractivity contribution in [2.24, 2.45) is 0 Å². The average molecular weight is 436 g/mol. The number of carbonyl (C=O) groups excluding carboxylic acids is 2. The molecule has 3 rings (SSSR count). The molecule has 0 fully saturated rings. The Labute approximate surface area is 154 Å². The lowest BCUT2D eigenvalue weighted by Crippen LogP contribution is -2.45. The lowest BCUT2D eigenvalue weighted by Gasteiger charge is -2.32. The third kappa shape index (κ3) is 3.69. The number of hydrogen-bond acceptors (Lipinski definition) is 3. The molecule has 6 heteroatoms. The van der Waals surface area contributed by atoms with Crippen LogP contribution in [0.2, 0.25) is 0 Å². The molecule has 1 atom stereocenters. The van der Waals surface area contributed by atoms with Crippen LogP contribution in [-0.4, -0.2) is 24.5 Å². The summed E-state index contributed by atoms with van der Waals surface area (Å²) in [5.74, 6) is 0.416. The van der Waals surface area contributed by atoms with Crippen LogP contribution in [0.3, 0.4) is 0 Å². The summed E-state index contributed by atoms with van der Waals surface area (Å²) in [6.07, 6.45) is -0.321. The predicted octanol–water partition coefficient (Wildman–Crippen LogP) is 3.43. The monoisotopic (exact) mass is 436 g/mol. The molecule has 1 aliphatic rings. The van der Waals surface area contributed by atoms with Gasteiger partial charge in [-0.25, -0.2) is 0 Å². The third-order valence-electron chi connectivity index (χ3n) is 3.76. The van der Waals surface area contributed by atoms with Crippen molar-refractivity contribution in [3.05, 3.63) is 52.1 Å². The van der Waals surface area contributed by atoms with E-state index >= 15 is 0 Å². The molecule has 0 saturated heterocycles. The first kappa shape index (κ1) is 16.8. The van der Waals surface area contributed by atoms with Gasteiger partial charge < -0.3 is 15.0 Å². The van der Waals surface area contributed by atoms with Crippen molar-refractivity contribution < 1.29 is 14.3 Å². The van der Waals surface area contributed by atoms with Crippen LogP contribution in [0.1, 0.15) is 13.3 Å². The summed E-state index contributed by atoms with van der Waals surface area (Å²) < 4.78 is 6.70. The first-order valence-corrected chi connectivity index (χ1v) is 8.75. The zero-order valence-corrected chi connectivity index (χ0v) is 15.3. The zero-order valence-electron chi connectivity index (χ0n) is 13.2. The number of anilines is 2. The van der Waals surface area contributed by atoms with Gasteiger partial charge in [0, 0.05) is 22.2 Å². The van der Waals surface area contributed by atoms with Gasteiger partial charge in [0.05, 0.1) is 5.69 Å². The number of ether oxygens (including phenoxy) is 1. The molecule has 5 nitrogen and oxygen atoms in total. The van der Waals surface area contributed by atoms with E-state index in [9.17, 15) is 9.59 Å². The predicted molar refractivity (Wildman–Crippen MR) is 101 cm³/mol. The van der Waals surface area contributed by atoms with Crippen molar-refractivity contribution in [3.8, 4) is 5.75 Å². The van der Waals surface area contributed by atoms with Crippen LogP contribution in [-0.2, 0) is 9.59 Å². The molecule has 0 radical (unpaired) electrons. The van der Waals surface area contributed by atoms with E-state index in [2.05, 4.69) is 27.9 Å². The summed E-state index contributed by atoms with van der Waals surface area (Å²) in [6, 6.07) is 15.0. The second-order valence-corrected chi connectivity index (χ2v) is 6.77. The SMILES string of the molecule is C[C@@H]1Oc2ccccc2N(CCC(=O)Nc2ccc(I)cc2)C1=O. The Morgan fingerprint density at radius 2 is 1.92 bits per heavy atom. The number of rotatable bonds is 4. The van der Waals surface area contributed by atoms with Crippen molar-refractivity contribution in [2.45, 2.75) is 19.4 Å². The summed E-state index contributed by atoms with van der Waals surface area (Å²) >= 11 is 2.21. The minimum Gasteiger partial charge on any atom is -0.479 e. The van der Waals surface area contributed by atoms with E-state index in [4.69, 9.17) is 4.74 Å². The number of fused-ring (bicyclic) bond motifs is 1. The van der Waals surface area contributed by atoms with Gasteiger partial charge in [-0.05, 0) is 65.9 Å². The van der Waals surface area contributed by atoms with Gasteiger partial charge in [-0.2, -0.15) is 0 Å². The number of para-hydroxylation sites is 2. The first-order chi connectivity index (χ1) is 11.5. The van der Waals surface area contributed by atoms with Crippen molar-refractivity contribution in [1.29, 1.82) is 0 Å². The molecule has 0 aromatic heterocycles. The number of carbonyl (C=O) groups is 2. The summed E-state index contributed by atoms with van der Waals surface area (Å²) in [6.45, 7) is 2.04. The highest BCUT2D eigenvalue weighted by molar-refractivity contribution is 14.1. The molecule has 1 N–H and O–H groups in total. The zero-order chi connectivity index (χ0) is 17.1. The molecule has 0 aliphatic carbocycles. The van der Waals surface area contributed by atoms with E-state index in [1.165, 1.54) is 0 Å². The fraction of sp³-hybridized carbons (Fsp3) is 0.222. The molecule has 2 aromatic carbocycles. The van der Waals surface area contributed by atoms with Crippen LogP contribution in [0, 0.1) is 3.57 Å². The standard InChI is InChI=1S/C18H17IN2O3/c1-12-18(23)21(15-4-2-3-5-16(15)24-12)11-10-17(22)20-14-8-6-13(19)7-9-14/h2-9,12H,10-11H2,1H3,(H,20,22)/t12-/m0/s1. The molecular formula is C18H17IN2O3. The highest BCUT2D eigenvalue weighted by Gasteiger charge is 2.31. The molecule has 124 valence electrons. The fourth-order valence-electron chi connectivity index (χ4n) is 2.56. The Hall–Kier alpha value is -2.09. The highest BCUT2D eigenvalue weighted by Crippen LogP contribution is 2.33. The van der Waals surface area contributed by atoms with Gasteiger partial charge in [-0.1, -0.05) is 12.1 Å². The van der Waals surface area contributed by atoms with Crippen LogP contribution in [0.4, 0.5) is 11.4 Å². The molecule has 2 aromatic rings. The Balaban J connectivity index is 1.66. The van der Waals surface area contributed by atoms with Gasteiger partial charge in [0.1, 0.15) is 5.75 Å². The molecular weight excluding hydrogens is 419 g/mol. The third-order valence-corrected chi connectivity index (χ3v) is 4.48.